The van der Waals surface area contributed by atoms with Crippen molar-refractivity contribution in [1.82, 2.24) is 20.5 Å². The van der Waals surface area contributed by atoms with Gasteiger partial charge in [-0.2, -0.15) is 0 Å². The van der Waals surface area contributed by atoms with Crippen molar-refractivity contribution in [2.24, 2.45) is 49.0 Å². The van der Waals surface area contributed by atoms with Gasteiger partial charge in [0.25, 0.3) is 5.95 Å². The van der Waals surface area contributed by atoms with E-state index in [2.05, 4.69) is 34.5 Å². The number of fused-ring (bicyclic) bond motifs is 1. The summed E-state index contributed by atoms with van der Waals surface area (Å²) in [6, 6.07) is 7.76. The minimum atomic E-state index is -0.918. The van der Waals surface area contributed by atoms with Crippen LogP contribution >= 0.6 is 11.3 Å². The van der Waals surface area contributed by atoms with E-state index >= 15 is 0 Å². The summed E-state index contributed by atoms with van der Waals surface area (Å²) >= 11 is 1.43. The fourth-order valence-electron chi connectivity index (χ4n) is 11.9. The third-order valence-electron chi connectivity index (χ3n) is 13.3. The van der Waals surface area contributed by atoms with E-state index < -0.39 is 5.95 Å². The van der Waals surface area contributed by atoms with Gasteiger partial charge in [0.15, 0.2) is 0 Å². The van der Waals surface area contributed by atoms with E-state index in [1.54, 1.807) is 37.1 Å². The average molecular weight is 786 g/mol. The number of aromatic nitrogens is 1. The average Bonchev–Trinajstić information content (AvgIpc) is 3.56. The van der Waals surface area contributed by atoms with Crippen LogP contribution in [0.1, 0.15) is 53.4 Å². The number of hydrogen-bond acceptors (Lipinski definition) is 13. The first-order chi connectivity index (χ1) is 26.6. The van der Waals surface area contributed by atoms with E-state index in [0.717, 1.165) is 35.9 Å². The highest BCUT2D eigenvalue weighted by Crippen LogP contribution is 3.03. The highest BCUT2D eigenvalue weighted by atomic mass is 32.1. The topological polar surface area (TPSA) is 231 Å². The lowest BCUT2D eigenvalue weighted by molar-refractivity contribution is -0.565. The van der Waals surface area contributed by atoms with E-state index in [-0.39, 0.29) is 63.8 Å². The normalized spacial score (nSPS) is 30.9. The molecule has 300 valence electrons. The number of amidine groups is 2. The van der Waals surface area contributed by atoms with Crippen molar-refractivity contribution in [2.75, 3.05) is 46.5 Å². The SMILES string of the molecule is CC(=CC(=N)N(C)C1=CC=C(C(=CN)C(C)=NCC23CC4(C)CC5(OCCNCC(CO)CO)CC(C)(C2)C435)C(=C(O)O)N1)C(N)=Nc1nc2ccccc2s1. The maximum atomic E-state index is 10.5. The smallest absolute Gasteiger partial charge is 0.299 e. The van der Waals surface area contributed by atoms with Gasteiger partial charge in [-0.05, 0) is 86.3 Å². The number of thiazole rings is 1. The molecule has 2 aromatic rings. The largest absolute Gasteiger partial charge is 0.480 e. The molecule has 1 spiro atoms. The highest BCUT2D eigenvalue weighted by Gasteiger charge is 3.02. The van der Waals surface area contributed by atoms with Crippen molar-refractivity contribution < 1.29 is 25.2 Å². The summed E-state index contributed by atoms with van der Waals surface area (Å²) in [6.07, 6.45) is 10.8. The molecule has 56 heavy (non-hydrogen) atoms. The lowest BCUT2D eigenvalue weighted by Gasteiger charge is -3.02. The Bertz CT molecular complexity index is 2090. The summed E-state index contributed by atoms with van der Waals surface area (Å²) in [7, 11) is 1.69. The van der Waals surface area contributed by atoms with Gasteiger partial charge < -0.3 is 52.2 Å². The summed E-state index contributed by atoms with van der Waals surface area (Å²) < 4.78 is 7.74. The van der Waals surface area contributed by atoms with E-state index in [1.165, 1.54) is 17.5 Å². The summed E-state index contributed by atoms with van der Waals surface area (Å²) in [4.78, 5) is 15.7. The predicted octanol–water partition coefficient (Wildman–Crippen LogP) is 4.65. The van der Waals surface area contributed by atoms with Crippen molar-refractivity contribution in [3.63, 3.8) is 0 Å². The van der Waals surface area contributed by atoms with E-state index in [0.29, 0.717) is 59.6 Å². The second kappa shape index (κ2) is 14.4. The molecule has 2 heterocycles. The molecule has 0 radical (unpaired) electrons. The van der Waals surface area contributed by atoms with Gasteiger partial charge in [0.05, 0.1) is 22.4 Å². The maximum Gasteiger partial charge on any atom is 0.299 e. The first-order valence-electron chi connectivity index (χ1n) is 19.1. The van der Waals surface area contributed by atoms with Crippen LogP contribution in [0.15, 0.2) is 92.9 Å². The number of hydrogen-bond donors (Lipinski definition) is 9. The third-order valence-corrected chi connectivity index (χ3v) is 14.2. The first-order valence-corrected chi connectivity index (χ1v) is 20.0. The molecule has 1 aromatic heterocycles. The van der Waals surface area contributed by atoms with Crippen LogP contribution in [0.4, 0.5) is 5.13 Å². The number of aliphatic hydroxyl groups is 4. The number of allylic oxidation sites excluding steroid dienone is 3. The van der Waals surface area contributed by atoms with Crippen molar-refractivity contribution in [3.8, 4) is 0 Å². The number of nitrogens with zero attached hydrogens (tertiary/aromatic N) is 4. The zero-order valence-electron chi connectivity index (χ0n) is 32.8. The predicted molar refractivity (Wildman–Crippen MR) is 221 cm³/mol. The van der Waals surface area contributed by atoms with E-state index in [4.69, 9.17) is 26.6 Å². The van der Waals surface area contributed by atoms with Crippen LogP contribution in [-0.2, 0) is 4.74 Å². The van der Waals surface area contributed by atoms with Crippen LogP contribution in [0.25, 0.3) is 10.2 Å². The fourth-order valence-corrected chi connectivity index (χ4v) is 12.8. The molecule has 14 nitrogen and oxygen atoms in total. The van der Waals surface area contributed by atoms with Gasteiger partial charge in [0.1, 0.15) is 23.2 Å². The zero-order valence-corrected chi connectivity index (χ0v) is 33.6. The highest BCUT2D eigenvalue weighted by molar-refractivity contribution is 7.22. The Kier molecular flexibility index (Phi) is 10.2. The number of para-hydroxylation sites is 1. The Balaban J connectivity index is 1.03. The summed E-state index contributed by atoms with van der Waals surface area (Å²) in [6.45, 7) is 10.8. The van der Waals surface area contributed by atoms with Gasteiger partial charge in [0, 0.05) is 79.7 Å². The van der Waals surface area contributed by atoms with Crippen molar-refractivity contribution in [2.45, 2.75) is 59.0 Å². The first kappa shape index (κ1) is 39.7. The molecular weight excluding hydrogens is 731 g/mol. The van der Waals surface area contributed by atoms with E-state index in [9.17, 15) is 20.4 Å². The van der Waals surface area contributed by atoms with Gasteiger partial charge in [-0.1, -0.05) is 37.3 Å². The molecule has 0 bridgehead atoms. The molecule has 1 aliphatic heterocycles. The molecule has 4 saturated carbocycles. The second-order valence-corrected chi connectivity index (χ2v) is 17.8. The molecule has 15 heteroatoms. The van der Waals surface area contributed by atoms with Crippen LogP contribution in [0, 0.1) is 33.0 Å². The maximum absolute atomic E-state index is 10.5. The lowest BCUT2D eigenvalue weighted by atomic mass is 9.03. The molecule has 4 aliphatic carbocycles. The van der Waals surface area contributed by atoms with Crippen LogP contribution in [0.2, 0.25) is 0 Å². The monoisotopic (exact) mass is 785 g/mol. The minimum Gasteiger partial charge on any atom is -0.480 e. The molecule has 1 aromatic carbocycles. The Morgan fingerprint density at radius 1 is 1.12 bits per heavy atom. The number of dihydropyridines is 1. The van der Waals surface area contributed by atoms with Crippen molar-refractivity contribution in [3.05, 3.63) is 82.9 Å². The Labute approximate surface area is 331 Å². The van der Waals surface area contributed by atoms with Gasteiger partial charge in [0.2, 0.25) is 5.13 Å². The molecule has 4 fully saturated rings. The second-order valence-electron chi connectivity index (χ2n) is 16.8. The number of nitrogens with one attached hydrogen (secondary N) is 3. The number of nitrogens with two attached hydrogens (primary N) is 2. The lowest BCUT2D eigenvalue weighted by Crippen LogP contribution is -3.01. The Hall–Kier alpha value is -4.54. The number of likely N-dealkylation sites (N-methyl/N-ethyl adjacent to an activating group) is 1. The molecule has 2 unspecified atom stereocenters. The number of rotatable bonds is 16. The number of benzene rings is 1. The van der Waals surface area contributed by atoms with Crippen molar-refractivity contribution in [1.29, 1.82) is 5.41 Å². The molecule has 5 aliphatic rings. The van der Waals surface area contributed by atoms with Crippen molar-refractivity contribution >= 4 is 44.1 Å². The standard InChI is InChI=1S/C41H55N9O5S/c1-24(34(44)49-36-47-29-8-6-7-9-30(29)56-36)14-31(43)50(5)32-11-10-27(33(48-32)35(53)54)28(15-42)25(2)46-23-39-19-37(3)21-40(22-38(4,20-39)41(37,39)40)55-13-12-45-16-26(17-51)18-52/h6-11,14-15,26,43,45,48,51-54H,12-13,16-23,42H2,1-5H3,(H2,44,47,49). The number of ether oxygens (including phenoxy) is 1. The third kappa shape index (κ3) is 5.89. The summed E-state index contributed by atoms with van der Waals surface area (Å²) in [5, 5.41) is 55.3. The van der Waals surface area contributed by atoms with E-state index in [1.807, 2.05) is 31.2 Å². The van der Waals surface area contributed by atoms with Gasteiger partial charge in [-0.15, -0.1) is 0 Å². The van der Waals surface area contributed by atoms with Gasteiger partial charge in [-0.25, -0.2) is 9.98 Å². The molecule has 2 atom stereocenters. The quantitative estimate of drug-likeness (QED) is 0.0492. The molecule has 0 saturated heterocycles. The molecule has 7 rings (SSSR count). The summed E-state index contributed by atoms with van der Waals surface area (Å²) in [5.41, 5.74) is 16.1. The van der Waals surface area contributed by atoms with Gasteiger partial charge in [-0.3, -0.25) is 10.4 Å². The number of aliphatic hydroxyl groups excluding tert-OH is 3. The Morgan fingerprint density at radius 3 is 2.45 bits per heavy atom. The minimum absolute atomic E-state index is 0.0293. The number of aliphatic imine (C=N–C) groups is 2. The molecular formula is C41H55N9O5S. The Morgan fingerprint density at radius 2 is 1.82 bits per heavy atom. The fraction of sp³-hybridized carbons (Fsp3) is 0.512. The zero-order chi connectivity index (χ0) is 40.3. The molecule has 11 N–H and O–H groups in total. The van der Waals surface area contributed by atoms with Gasteiger partial charge >= 0.3 is 0 Å². The van der Waals surface area contributed by atoms with Crippen LogP contribution in [0.5, 0.6) is 0 Å². The van der Waals surface area contributed by atoms with Crippen LogP contribution in [-0.4, -0.2) is 99.8 Å². The summed E-state index contributed by atoms with van der Waals surface area (Å²) in [5.74, 6) is -0.342. The van der Waals surface area contributed by atoms with Crippen LogP contribution < -0.4 is 22.1 Å². The molecule has 0 amide bonds. The van der Waals surface area contributed by atoms with Crippen LogP contribution in [0.3, 0.4) is 0 Å².